The highest BCUT2D eigenvalue weighted by Gasteiger charge is 2.08. The zero-order chi connectivity index (χ0) is 16.2. The second kappa shape index (κ2) is 6.71. The third-order valence-corrected chi connectivity index (χ3v) is 3.79. The summed E-state index contributed by atoms with van der Waals surface area (Å²) >= 11 is 0. The Bertz CT molecular complexity index is 795. The zero-order valence-electron chi connectivity index (χ0n) is 13.5. The number of aromatic amines is 1. The topological polar surface area (TPSA) is 64.2 Å². The number of aromatic nitrogens is 2. The van der Waals surface area contributed by atoms with Crippen molar-refractivity contribution < 1.29 is 5.11 Å². The van der Waals surface area contributed by atoms with Gasteiger partial charge in [-0.1, -0.05) is 12.1 Å². The Morgan fingerprint density at radius 3 is 2.87 bits per heavy atom. The van der Waals surface area contributed by atoms with Crippen LogP contribution in [0.3, 0.4) is 0 Å². The lowest BCUT2D eigenvalue weighted by Gasteiger charge is -2.11. The molecule has 0 aliphatic carbocycles. The van der Waals surface area contributed by atoms with E-state index in [2.05, 4.69) is 40.3 Å². The lowest BCUT2D eigenvalue weighted by atomic mass is 10.1. The van der Waals surface area contributed by atoms with E-state index in [-0.39, 0.29) is 5.75 Å². The van der Waals surface area contributed by atoms with Gasteiger partial charge in [0.25, 0.3) is 0 Å². The summed E-state index contributed by atoms with van der Waals surface area (Å²) in [5.74, 6) is 0.260. The molecule has 0 unspecified atom stereocenters. The summed E-state index contributed by atoms with van der Waals surface area (Å²) < 4.78 is 0. The van der Waals surface area contributed by atoms with Gasteiger partial charge in [0.15, 0.2) is 0 Å². The van der Waals surface area contributed by atoms with E-state index >= 15 is 0 Å². The minimum atomic E-state index is 0.260. The van der Waals surface area contributed by atoms with E-state index in [9.17, 15) is 5.11 Å². The average molecular weight is 310 g/mol. The van der Waals surface area contributed by atoms with Gasteiger partial charge < -0.3 is 20.3 Å². The molecule has 3 rings (SSSR count). The normalized spacial score (nSPS) is 11.3. The first kappa shape index (κ1) is 15.4. The molecular weight excluding hydrogens is 288 g/mol. The Hall–Kier alpha value is -2.53. The number of aromatic hydroxyl groups is 1. The molecule has 120 valence electrons. The molecule has 0 saturated carbocycles. The first-order chi connectivity index (χ1) is 11.1. The number of phenols is 1. The predicted octanol–water partition coefficient (Wildman–Crippen LogP) is 3.30. The van der Waals surface area contributed by atoms with Crippen LogP contribution in [0.25, 0.3) is 22.3 Å². The van der Waals surface area contributed by atoms with Crippen LogP contribution in [0, 0.1) is 0 Å². The number of anilines is 1. The molecule has 5 nitrogen and oxygen atoms in total. The molecule has 0 radical (unpaired) electrons. The van der Waals surface area contributed by atoms with Gasteiger partial charge >= 0.3 is 0 Å². The Kier molecular flexibility index (Phi) is 4.48. The maximum Gasteiger partial charge on any atom is 0.139 e. The SMILES string of the molecule is CN(C)CCCNc1ccnc2[nH]c(-c3cccc(O)c3)cc12. The molecular formula is C18H22N4O. The minimum absolute atomic E-state index is 0.260. The quantitative estimate of drug-likeness (QED) is 0.611. The number of benzene rings is 1. The van der Waals surface area contributed by atoms with E-state index in [1.165, 1.54) is 0 Å². The molecule has 0 aliphatic heterocycles. The van der Waals surface area contributed by atoms with Crippen molar-refractivity contribution in [3.05, 3.63) is 42.6 Å². The fraction of sp³-hybridized carbons (Fsp3) is 0.278. The summed E-state index contributed by atoms with van der Waals surface area (Å²) in [6.45, 7) is 1.98. The van der Waals surface area contributed by atoms with Gasteiger partial charge in [-0.2, -0.15) is 0 Å². The number of nitrogens with zero attached hydrogens (tertiary/aromatic N) is 2. The summed E-state index contributed by atoms with van der Waals surface area (Å²) in [6, 6.07) is 11.3. The number of rotatable bonds is 6. The first-order valence-electron chi connectivity index (χ1n) is 7.79. The summed E-state index contributed by atoms with van der Waals surface area (Å²) in [5, 5.41) is 14.2. The van der Waals surface area contributed by atoms with Gasteiger partial charge in [-0.3, -0.25) is 0 Å². The number of nitrogens with one attached hydrogen (secondary N) is 2. The van der Waals surface area contributed by atoms with Crippen molar-refractivity contribution in [1.29, 1.82) is 0 Å². The third kappa shape index (κ3) is 3.63. The third-order valence-electron chi connectivity index (χ3n) is 3.79. The van der Waals surface area contributed by atoms with Gasteiger partial charge in [0.1, 0.15) is 11.4 Å². The average Bonchev–Trinajstić information content (AvgIpc) is 2.96. The fourth-order valence-electron chi connectivity index (χ4n) is 2.63. The van der Waals surface area contributed by atoms with E-state index in [1.54, 1.807) is 18.3 Å². The standard InChI is InChI=1S/C18H22N4O/c1-22(2)10-4-8-19-16-7-9-20-18-15(16)12-17(21-18)13-5-3-6-14(23)11-13/h3,5-7,9,11-12,23H,4,8,10H2,1-2H3,(H2,19,20,21). The van der Waals surface area contributed by atoms with Gasteiger partial charge in [-0.15, -0.1) is 0 Å². The molecule has 0 fully saturated rings. The van der Waals surface area contributed by atoms with Crippen LogP contribution in [0.2, 0.25) is 0 Å². The second-order valence-electron chi connectivity index (χ2n) is 5.94. The van der Waals surface area contributed by atoms with Crippen molar-refractivity contribution in [2.45, 2.75) is 6.42 Å². The lowest BCUT2D eigenvalue weighted by Crippen LogP contribution is -2.16. The summed E-state index contributed by atoms with van der Waals surface area (Å²) in [7, 11) is 4.16. The molecule has 0 aliphatic rings. The maximum atomic E-state index is 9.65. The number of pyridine rings is 1. The zero-order valence-corrected chi connectivity index (χ0v) is 13.5. The molecule has 2 aromatic heterocycles. The molecule has 1 aromatic carbocycles. The molecule has 2 heterocycles. The van der Waals surface area contributed by atoms with Crippen LogP contribution in [0.15, 0.2) is 42.6 Å². The van der Waals surface area contributed by atoms with Gasteiger partial charge in [0, 0.05) is 35.1 Å². The van der Waals surface area contributed by atoms with E-state index in [0.29, 0.717) is 0 Å². The van der Waals surface area contributed by atoms with Crippen molar-refractivity contribution in [1.82, 2.24) is 14.9 Å². The van der Waals surface area contributed by atoms with E-state index in [1.807, 2.05) is 18.2 Å². The highest BCUT2D eigenvalue weighted by Crippen LogP contribution is 2.29. The van der Waals surface area contributed by atoms with Crippen LogP contribution in [-0.2, 0) is 0 Å². The lowest BCUT2D eigenvalue weighted by molar-refractivity contribution is 0.405. The molecule has 0 atom stereocenters. The number of H-pyrrole nitrogens is 1. The molecule has 3 aromatic rings. The highest BCUT2D eigenvalue weighted by atomic mass is 16.3. The molecule has 0 bridgehead atoms. The van der Waals surface area contributed by atoms with Crippen molar-refractivity contribution in [2.75, 3.05) is 32.5 Å². The fourth-order valence-corrected chi connectivity index (χ4v) is 2.63. The molecule has 23 heavy (non-hydrogen) atoms. The molecule has 0 saturated heterocycles. The van der Waals surface area contributed by atoms with E-state index in [4.69, 9.17) is 0 Å². The Morgan fingerprint density at radius 1 is 1.22 bits per heavy atom. The Morgan fingerprint density at radius 2 is 2.09 bits per heavy atom. The Balaban J connectivity index is 1.83. The van der Waals surface area contributed by atoms with Gasteiger partial charge in [0.2, 0.25) is 0 Å². The van der Waals surface area contributed by atoms with Crippen LogP contribution in [-0.4, -0.2) is 47.2 Å². The van der Waals surface area contributed by atoms with Crippen LogP contribution in [0.5, 0.6) is 5.75 Å². The van der Waals surface area contributed by atoms with Crippen LogP contribution < -0.4 is 5.32 Å². The van der Waals surface area contributed by atoms with Crippen molar-refractivity contribution in [3.63, 3.8) is 0 Å². The monoisotopic (exact) mass is 310 g/mol. The van der Waals surface area contributed by atoms with Crippen LogP contribution in [0.4, 0.5) is 5.69 Å². The van der Waals surface area contributed by atoms with E-state index < -0.39 is 0 Å². The molecule has 0 spiro atoms. The van der Waals surface area contributed by atoms with Gasteiger partial charge in [0.05, 0.1) is 0 Å². The minimum Gasteiger partial charge on any atom is -0.508 e. The van der Waals surface area contributed by atoms with Crippen molar-refractivity contribution in [2.24, 2.45) is 0 Å². The molecule has 5 heteroatoms. The number of fused-ring (bicyclic) bond motifs is 1. The number of phenolic OH excluding ortho intramolecular Hbond substituents is 1. The maximum absolute atomic E-state index is 9.65. The second-order valence-corrected chi connectivity index (χ2v) is 5.94. The highest BCUT2D eigenvalue weighted by molar-refractivity contribution is 5.93. The smallest absolute Gasteiger partial charge is 0.139 e. The Labute approximate surface area is 136 Å². The molecule has 0 amide bonds. The van der Waals surface area contributed by atoms with Crippen molar-refractivity contribution >= 4 is 16.7 Å². The molecule has 3 N–H and O–H groups in total. The van der Waals surface area contributed by atoms with Crippen LogP contribution >= 0.6 is 0 Å². The van der Waals surface area contributed by atoms with E-state index in [0.717, 1.165) is 47.5 Å². The number of hydrogen-bond acceptors (Lipinski definition) is 4. The number of hydrogen-bond donors (Lipinski definition) is 3. The summed E-state index contributed by atoms with van der Waals surface area (Å²) in [6.07, 6.45) is 2.89. The largest absolute Gasteiger partial charge is 0.508 e. The summed E-state index contributed by atoms with van der Waals surface area (Å²) in [5.41, 5.74) is 3.82. The van der Waals surface area contributed by atoms with Gasteiger partial charge in [-0.05, 0) is 51.3 Å². The first-order valence-corrected chi connectivity index (χ1v) is 7.79. The summed E-state index contributed by atoms with van der Waals surface area (Å²) in [4.78, 5) is 9.90. The van der Waals surface area contributed by atoms with Crippen LogP contribution in [0.1, 0.15) is 6.42 Å². The van der Waals surface area contributed by atoms with Gasteiger partial charge in [-0.25, -0.2) is 4.98 Å². The van der Waals surface area contributed by atoms with Crippen molar-refractivity contribution in [3.8, 4) is 17.0 Å². The predicted molar refractivity (Wildman–Crippen MR) is 94.9 cm³/mol.